The van der Waals surface area contributed by atoms with Crippen molar-refractivity contribution in [1.82, 2.24) is 5.32 Å². The molecule has 84 valence electrons. The van der Waals surface area contributed by atoms with E-state index in [1.54, 1.807) is 14.2 Å². The van der Waals surface area contributed by atoms with E-state index in [0.29, 0.717) is 0 Å². The molecule has 0 heterocycles. The number of methoxy groups -OCH3 is 2. The van der Waals surface area contributed by atoms with Crippen molar-refractivity contribution in [3.05, 3.63) is 29.8 Å². The molecule has 1 N–H and O–H groups in total. The molecule has 3 heteroatoms. The molecule has 0 spiro atoms. The van der Waals surface area contributed by atoms with Crippen LogP contribution < -0.4 is 10.1 Å². The maximum Gasteiger partial charge on any atom is 0.119 e. The van der Waals surface area contributed by atoms with Gasteiger partial charge in [0.15, 0.2) is 0 Å². The van der Waals surface area contributed by atoms with Gasteiger partial charge in [0.05, 0.1) is 13.2 Å². The van der Waals surface area contributed by atoms with Gasteiger partial charge in [0.2, 0.25) is 0 Å². The van der Waals surface area contributed by atoms with Crippen molar-refractivity contribution in [1.29, 1.82) is 0 Å². The maximum absolute atomic E-state index is 5.42. The van der Waals surface area contributed by atoms with E-state index >= 15 is 0 Å². The number of hydrogen-bond donors (Lipinski definition) is 1. The van der Waals surface area contributed by atoms with Crippen molar-refractivity contribution in [3.63, 3.8) is 0 Å². The fourth-order valence-corrected chi connectivity index (χ4v) is 1.45. The molecule has 0 aliphatic rings. The number of likely N-dealkylation sites (N-methyl/N-ethyl adjacent to an activating group) is 1. The van der Waals surface area contributed by atoms with Gasteiger partial charge in [-0.05, 0) is 24.2 Å². The van der Waals surface area contributed by atoms with E-state index in [1.807, 2.05) is 24.3 Å². The summed E-state index contributed by atoms with van der Waals surface area (Å²) < 4.78 is 10.6. The van der Waals surface area contributed by atoms with Crippen LogP contribution in [0.2, 0.25) is 0 Å². The van der Waals surface area contributed by atoms with E-state index in [1.165, 1.54) is 0 Å². The van der Waals surface area contributed by atoms with Crippen LogP contribution in [0.3, 0.4) is 0 Å². The SMILES string of the molecule is CCNCC(OC)c1cccc(OC)c1. The monoisotopic (exact) mass is 209 g/mol. The average molecular weight is 209 g/mol. The quantitative estimate of drug-likeness (QED) is 0.777. The Labute approximate surface area is 91.4 Å². The Bertz CT molecular complexity index is 289. The van der Waals surface area contributed by atoms with Gasteiger partial charge in [-0.1, -0.05) is 19.1 Å². The molecule has 0 radical (unpaired) electrons. The Hall–Kier alpha value is -1.06. The molecule has 1 unspecified atom stereocenters. The largest absolute Gasteiger partial charge is 0.497 e. The van der Waals surface area contributed by atoms with E-state index in [9.17, 15) is 0 Å². The molecule has 0 saturated heterocycles. The van der Waals surface area contributed by atoms with Crippen LogP contribution in [0.15, 0.2) is 24.3 Å². The lowest BCUT2D eigenvalue weighted by Crippen LogP contribution is -2.22. The van der Waals surface area contributed by atoms with Crippen molar-refractivity contribution < 1.29 is 9.47 Å². The Morgan fingerprint density at radius 2 is 2.13 bits per heavy atom. The highest BCUT2D eigenvalue weighted by Gasteiger charge is 2.09. The van der Waals surface area contributed by atoms with Crippen LogP contribution in [0.4, 0.5) is 0 Å². The summed E-state index contributed by atoms with van der Waals surface area (Å²) in [6.07, 6.45) is 0.0834. The van der Waals surface area contributed by atoms with Crippen molar-refractivity contribution in [2.45, 2.75) is 13.0 Å². The molecule has 0 aromatic heterocycles. The molecule has 0 aliphatic carbocycles. The molecule has 1 aromatic rings. The van der Waals surface area contributed by atoms with E-state index in [4.69, 9.17) is 9.47 Å². The van der Waals surface area contributed by atoms with E-state index < -0.39 is 0 Å². The zero-order valence-corrected chi connectivity index (χ0v) is 9.62. The second-order valence-electron chi connectivity index (χ2n) is 3.31. The van der Waals surface area contributed by atoms with Gasteiger partial charge >= 0.3 is 0 Å². The van der Waals surface area contributed by atoms with Crippen LogP contribution in [0, 0.1) is 0 Å². The third-order valence-electron chi connectivity index (χ3n) is 2.33. The summed E-state index contributed by atoms with van der Waals surface area (Å²) in [5.74, 6) is 0.867. The number of benzene rings is 1. The van der Waals surface area contributed by atoms with Crippen molar-refractivity contribution >= 4 is 0 Å². The van der Waals surface area contributed by atoms with Crippen molar-refractivity contribution in [2.75, 3.05) is 27.3 Å². The van der Waals surface area contributed by atoms with Crippen LogP contribution in [-0.2, 0) is 4.74 Å². The molecule has 0 aliphatic heterocycles. The minimum Gasteiger partial charge on any atom is -0.497 e. The van der Waals surface area contributed by atoms with E-state index in [0.717, 1.165) is 24.4 Å². The summed E-state index contributed by atoms with van der Waals surface area (Å²) in [6.45, 7) is 3.85. The maximum atomic E-state index is 5.42. The highest BCUT2D eigenvalue weighted by molar-refractivity contribution is 5.30. The van der Waals surface area contributed by atoms with Gasteiger partial charge in [-0.3, -0.25) is 0 Å². The summed E-state index contributed by atoms with van der Waals surface area (Å²) in [4.78, 5) is 0. The molecule has 1 rings (SSSR count). The third-order valence-corrected chi connectivity index (χ3v) is 2.33. The second-order valence-corrected chi connectivity index (χ2v) is 3.31. The first-order chi connectivity index (χ1) is 7.31. The predicted octanol–water partition coefficient (Wildman–Crippen LogP) is 1.99. The van der Waals surface area contributed by atoms with E-state index in [-0.39, 0.29) is 6.10 Å². The van der Waals surface area contributed by atoms with Crippen LogP contribution in [-0.4, -0.2) is 27.3 Å². The molecule has 0 saturated carbocycles. The molecule has 1 aromatic carbocycles. The van der Waals surface area contributed by atoms with Gasteiger partial charge in [-0.25, -0.2) is 0 Å². The number of hydrogen-bond acceptors (Lipinski definition) is 3. The number of nitrogens with one attached hydrogen (secondary N) is 1. The minimum atomic E-state index is 0.0834. The summed E-state index contributed by atoms with van der Waals surface area (Å²) >= 11 is 0. The zero-order valence-electron chi connectivity index (χ0n) is 9.62. The molecular weight excluding hydrogens is 190 g/mol. The Morgan fingerprint density at radius 3 is 2.73 bits per heavy atom. The molecule has 0 amide bonds. The summed E-state index contributed by atoms with van der Waals surface area (Å²) in [7, 11) is 3.40. The Kier molecular flexibility index (Phi) is 5.15. The first-order valence-corrected chi connectivity index (χ1v) is 5.19. The van der Waals surface area contributed by atoms with Gasteiger partial charge in [0, 0.05) is 13.7 Å². The van der Waals surface area contributed by atoms with E-state index in [2.05, 4.69) is 12.2 Å². The zero-order chi connectivity index (χ0) is 11.1. The van der Waals surface area contributed by atoms with Gasteiger partial charge in [-0.2, -0.15) is 0 Å². The van der Waals surface area contributed by atoms with Gasteiger partial charge in [0.25, 0.3) is 0 Å². The van der Waals surface area contributed by atoms with Crippen molar-refractivity contribution in [3.8, 4) is 5.75 Å². The van der Waals surface area contributed by atoms with Crippen LogP contribution >= 0.6 is 0 Å². The lowest BCUT2D eigenvalue weighted by atomic mass is 10.1. The van der Waals surface area contributed by atoms with Crippen LogP contribution in [0.5, 0.6) is 5.75 Å². The summed E-state index contributed by atoms with van der Waals surface area (Å²) in [5.41, 5.74) is 1.14. The topological polar surface area (TPSA) is 30.5 Å². The van der Waals surface area contributed by atoms with Gasteiger partial charge < -0.3 is 14.8 Å². The highest BCUT2D eigenvalue weighted by atomic mass is 16.5. The predicted molar refractivity (Wildman–Crippen MR) is 61.3 cm³/mol. The summed E-state index contributed by atoms with van der Waals surface area (Å²) in [6, 6.07) is 7.97. The lowest BCUT2D eigenvalue weighted by molar-refractivity contribution is 0.103. The first-order valence-electron chi connectivity index (χ1n) is 5.19. The fraction of sp³-hybridized carbons (Fsp3) is 0.500. The van der Waals surface area contributed by atoms with Gasteiger partial charge in [0.1, 0.15) is 5.75 Å². The molecule has 0 fully saturated rings. The fourth-order valence-electron chi connectivity index (χ4n) is 1.45. The molecular formula is C12H19NO2. The smallest absolute Gasteiger partial charge is 0.119 e. The highest BCUT2D eigenvalue weighted by Crippen LogP contribution is 2.20. The average Bonchev–Trinajstić information content (AvgIpc) is 2.30. The normalized spacial score (nSPS) is 12.5. The van der Waals surface area contributed by atoms with Crippen LogP contribution in [0.25, 0.3) is 0 Å². The molecule has 0 bridgehead atoms. The lowest BCUT2D eigenvalue weighted by Gasteiger charge is -2.16. The second kappa shape index (κ2) is 6.43. The minimum absolute atomic E-state index is 0.0834. The molecule has 1 atom stereocenters. The number of rotatable bonds is 6. The third kappa shape index (κ3) is 3.53. The van der Waals surface area contributed by atoms with Crippen molar-refractivity contribution in [2.24, 2.45) is 0 Å². The van der Waals surface area contributed by atoms with Gasteiger partial charge in [-0.15, -0.1) is 0 Å². The number of ether oxygens (including phenoxy) is 2. The standard InChI is InChI=1S/C12H19NO2/c1-4-13-9-12(15-3)10-6-5-7-11(8-10)14-2/h5-8,12-13H,4,9H2,1-3H3. The molecule has 3 nitrogen and oxygen atoms in total. The Morgan fingerprint density at radius 1 is 1.33 bits per heavy atom. The molecule has 15 heavy (non-hydrogen) atoms. The Balaban J connectivity index is 2.72. The first kappa shape index (κ1) is 12.0. The summed E-state index contributed by atoms with van der Waals surface area (Å²) in [5, 5.41) is 3.27. The van der Waals surface area contributed by atoms with Crippen LogP contribution in [0.1, 0.15) is 18.6 Å².